The van der Waals surface area contributed by atoms with E-state index in [0.717, 1.165) is 37.2 Å². The topological polar surface area (TPSA) is 38.8 Å². The summed E-state index contributed by atoms with van der Waals surface area (Å²) in [5.74, 6) is 1.47. The molecule has 2 aromatic carbocycles. The molecule has 4 nitrogen and oxygen atoms in total. The second-order valence-corrected chi connectivity index (χ2v) is 6.17. The fraction of sp³-hybridized carbons (Fsp3) is 0.286. The zero-order valence-corrected chi connectivity index (χ0v) is 14.3. The normalized spacial score (nSPS) is 14.2. The van der Waals surface area contributed by atoms with Crippen molar-refractivity contribution in [3.05, 3.63) is 72.3 Å². The lowest BCUT2D eigenvalue weighted by molar-refractivity contribution is -0.133. The van der Waals surface area contributed by atoms with Crippen LogP contribution in [0.25, 0.3) is 0 Å². The van der Waals surface area contributed by atoms with Crippen LogP contribution in [0.3, 0.4) is 0 Å². The van der Waals surface area contributed by atoms with Crippen LogP contribution in [0.4, 0.5) is 0 Å². The fourth-order valence-electron chi connectivity index (χ4n) is 2.68. The average molecular weight is 337 g/mol. The smallest absolute Gasteiger partial charge is 0.260 e. The van der Waals surface area contributed by atoms with Crippen LogP contribution in [0.5, 0.6) is 11.5 Å². The Bertz CT molecular complexity index is 700. The van der Waals surface area contributed by atoms with Crippen LogP contribution in [0.2, 0.25) is 0 Å². The first kappa shape index (κ1) is 17.1. The molecule has 130 valence electrons. The number of amides is 1. The summed E-state index contributed by atoms with van der Waals surface area (Å²) in [6.07, 6.45) is 1.78. The van der Waals surface area contributed by atoms with Crippen molar-refractivity contribution < 1.29 is 14.3 Å². The van der Waals surface area contributed by atoms with E-state index >= 15 is 0 Å². The Morgan fingerprint density at radius 3 is 2.16 bits per heavy atom. The Balaban J connectivity index is 1.44. The zero-order chi connectivity index (χ0) is 17.5. The van der Waals surface area contributed by atoms with Crippen LogP contribution in [-0.4, -0.2) is 30.5 Å². The van der Waals surface area contributed by atoms with Crippen LogP contribution in [0.1, 0.15) is 18.4 Å². The Morgan fingerprint density at radius 1 is 0.920 bits per heavy atom. The molecular weight excluding hydrogens is 314 g/mol. The average Bonchev–Trinajstić information content (AvgIpc) is 2.67. The first-order valence-corrected chi connectivity index (χ1v) is 8.55. The van der Waals surface area contributed by atoms with E-state index in [4.69, 9.17) is 9.47 Å². The van der Waals surface area contributed by atoms with Crippen molar-refractivity contribution in [1.82, 2.24) is 4.90 Å². The van der Waals surface area contributed by atoms with Gasteiger partial charge in [0.1, 0.15) is 18.1 Å². The third kappa shape index (κ3) is 5.11. The molecule has 4 heteroatoms. The molecule has 0 aliphatic carbocycles. The predicted molar refractivity (Wildman–Crippen MR) is 97.7 cm³/mol. The molecule has 1 aliphatic rings. The molecule has 0 unspecified atom stereocenters. The van der Waals surface area contributed by atoms with Crippen molar-refractivity contribution >= 4 is 5.91 Å². The molecule has 1 heterocycles. The van der Waals surface area contributed by atoms with Crippen molar-refractivity contribution in [1.29, 1.82) is 0 Å². The lowest BCUT2D eigenvalue weighted by Gasteiger charge is -2.27. The molecule has 0 saturated carbocycles. The van der Waals surface area contributed by atoms with Crippen molar-refractivity contribution in [2.75, 3.05) is 19.7 Å². The second kappa shape index (κ2) is 8.38. The lowest BCUT2D eigenvalue weighted by Crippen LogP contribution is -2.39. The minimum atomic E-state index is 0.0249. The predicted octanol–water partition coefficient (Wildman–Crippen LogP) is 3.82. The van der Waals surface area contributed by atoms with Crippen molar-refractivity contribution in [2.45, 2.75) is 19.4 Å². The van der Waals surface area contributed by atoms with E-state index in [1.807, 2.05) is 59.5 Å². The van der Waals surface area contributed by atoms with Gasteiger partial charge in [0.05, 0.1) is 0 Å². The Hall–Kier alpha value is -2.75. The molecule has 1 aliphatic heterocycles. The molecule has 3 rings (SSSR count). The van der Waals surface area contributed by atoms with Crippen LogP contribution in [-0.2, 0) is 11.4 Å². The summed E-state index contributed by atoms with van der Waals surface area (Å²) in [6.45, 7) is 6.04. The van der Waals surface area contributed by atoms with Gasteiger partial charge in [-0.15, -0.1) is 0 Å². The molecular formula is C21H23NO3. The number of hydrogen-bond donors (Lipinski definition) is 0. The van der Waals surface area contributed by atoms with Gasteiger partial charge in [0.2, 0.25) is 0 Å². The SMILES string of the molecule is C=C1CCN(C(=O)COc2ccc(OCc3ccccc3)cc2)CC1. The van der Waals surface area contributed by atoms with E-state index in [2.05, 4.69) is 6.58 Å². The molecule has 0 aromatic heterocycles. The molecule has 1 fully saturated rings. The van der Waals surface area contributed by atoms with E-state index in [1.165, 1.54) is 5.57 Å². The molecule has 0 radical (unpaired) electrons. The summed E-state index contributed by atoms with van der Waals surface area (Å²) >= 11 is 0. The van der Waals surface area contributed by atoms with E-state index in [-0.39, 0.29) is 12.5 Å². The first-order chi connectivity index (χ1) is 12.2. The van der Waals surface area contributed by atoms with Crippen LogP contribution >= 0.6 is 0 Å². The van der Waals surface area contributed by atoms with Gasteiger partial charge < -0.3 is 14.4 Å². The molecule has 0 N–H and O–H groups in total. The third-order valence-electron chi connectivity index (χ3n) is 4.26. The van der Waals surface area contributed by atoms with Gasteiger partial charge in [-0.3, -0.25) is 4.79 Å². The summed E-state index contributed by atoms with van der Waals surface area (Å²) < 4.78 is 11.3. The number of ether oxygens (including phenoxy) is 2. The molecule has 0 spiro atoms. The number of likely N-dealkylation sites (tertiary alicyclic amines) is 1. The second-order valence-electron chi connectivity index (χ2n) is 6.17. The third-order valence-corrected chi connectivity index (χ3v) is 4.26. The number of piperidine rings is 1. The van der Waals surface area contributed by atoms with E-state index in [1.54, 1.807) is 0 Å². The minimum absolute atomic E-state index is 0.0249. The highest BCUT2D eigenvalue weighted by Crippen LogP contribution is 2.19. The van der Waals surface area contributed by atoms with Gasteiger partial charge in [0.15, 0.2) is 6.61 Å². The standard InChI is InChI=1S/C21H23NO3/c1-17-11-13-22(14-12-17)21(23)16-25-20-9-7-19(8-10-20)24-15-18-5-3-2-4-6-18/h2-10H,1,11-16H2. The summed E-state index contributed by atoms with van der Waals surface area (Å²) in [6, 6.07) is 17.4. The highest BCUT2D eigenvalue weighted by molar-refractivity contribution is 5.78. The van der Waals surface area contributed by atoms with E-state index in [0.29, 0.717) is 12.4 Å². The van der Waals surface area contributed by atoms with Crippen molar-refractivity contribution in [3.8, 4) is 11.5 Å². The van der Waals surface area contributed by atoms with Gasteiger partial charge >= 0.3 is 0 Å². The van der Waals surface area contributed by atoms with Gasteiger partial charge in [-0.1, -0.05) is 42.5 Å². The lowest BCUT2D eigenvalue weighted by atomic mass is 10.1. The van der Waals surface area contributed by atoms with Gasteiger partial charge in [0.25, 0.3) is 5.91 Å². The Morgan fingerprint density at radius 2 is 1.52 bits per heavy atom. The quantitative estimate of drug-likeness (QED) is 0.752. The number of rotatable bonds is 6. The van der Waals surface area contributed by atoms with Crippen molar-refractivity contribution in [3.63, 3.8) is 0 Å². The van der Waals surface area contributed by atoms with Crippen molar-refractivity contribution in [2.24, 2.45) is 0 Å². The summed E-state index contributed by atoms with van der Waals surface area (Å²) in [5, 5.41) is 0. The molecule has 0 atom stereocenters. The summed E-state index contributed by atoms with van der Waals surface area (Å²) in [7, 11) is 0. The van der Waals surface area contributed by atoms with Crippen LogP contribution < -0.4 is 9.47 Å². The molecule has 1 amide bonds. The number of hydrogen-bond acceptors (Lipinski definition) is 3. The fourth-order valence-corrected chi connectivity index (χ4v) is 2.68. The Labute approximate surface area is 148 Å². The number of carbonyl (C=O) groups is 1. The maximum atomic E-state index is 12.2. The number of carbonyl (C=O) groups excluding carboxylic acids is 1. The monoisotopic (exact) mass is 337 g/mol. The molecule has 0 bridgehead atoms. The van der Waals surface area contributed by atoms with Gasteiger partial charge in [-0.05, 0) is 42.7 Å². The number of nitrogens with zero attached hydrogens (tertiary/aromatic N) is 1. The first-order valence-electron chi connectivity index (χ1n) is 8.55. The largest absolute Gasteiger partial charge is 0.489 e. The summed E-state index contributed by atoms with van der Waals surface area (Å²) in [4.78, 5) is 14.0. The van der Waals surface area contributed by atoms with Gasteiger partial charge in [-0.2, -0.15) is 0 Å². The van der Waals surface area contributed by atoms with Crippen LogP contribution in [0, 0.1) is 0 Å². The molecule has 1 saturated heterocycles. The van der Waals surface area contributed by atoms with Crippen LogP contribution in [0.15, 0.2) is 66.7 Å². The molecule has 2 aromatic rings. The van der Waals surface area contributed by atoms with E-state index < -0.39 is 0 Å². The Kier molecular flexibility index (Phi) is 5.73. The maximum absolute atomic E-state index is 12.2. The highest BCUT2D eigenvalue weighted by Gasteiger charge is 2.18. The molecule has 25 heavy (non-hydrogen) atoms. The van der Waals surface area contributed by atoms with Gasteiger partial charge in [-0.25, -0.2) is 0 Å². The number of benzene rings is 2. The summed E-state index contributed by atoms with van der Waals surface area (Å²) in [5.41, 5.74) is 2.34. The van der Waals surface area contributed by atoms with E-state index in [9.17, 15) is 4.79 Å². The highest BCUT2D eigenvalue weighted by atomic mass is 16.5. The minimum Gasteiger partial charge on any atom is -0.489 e. The zero-order valence-electron chi connectivity index (χ0n) is 14.3. The maximum Gasteiger partial charge on any atom is 0.260 e. The van der Waals surface area contributed by atoms with Gasteiger partial charge in [0, 0.05) is 13.1 Å².